The van der Waals surface area contributed by atoms with E-state index in [-0.39, 0.29) is 0 Å². The summed E-state index contributed by atoms with van der Waals surface area (Å²) in [5, 5.41) is 3.52. The molecule has 0 heterocycles. The summed E-state index contributed by atoms with van der Waals surface area (Å²) in [5.74, 6) is 7.05. The van der Waals surface area contributed by atoms with Gasteiger partial charge in [0, 0.05) is 12.5 Å². The van der Waals surface area contributed by atoms with Crippen molar-refractivity contribution >= 4 is 0 Å². The van der Waals surface area contributed by atoms with Gasteiger partial charge in [-0.2, -0.15) is 0 Å². The SMILES string of the molecule is CC#CCC(NCC)C1CCC1. The maximum absolute atomic E-state index is 3.52. The van der Waals surface area contributed by atoms with Crippen LogP contribution in [0.5, 0.6) is 0 Å². The molecule has 1 aliphatic carbocycles. The highest BCUT2D eigenvalue weighted by atomic mass is 14.9. The second kappa shape index (κ2) is 5.22. The van der Waals surface area contributed by atoms with Gasteiger partial charge in [-0.3, -0.25) is 0 Å². The van der Waals surface area contributed by atoms with Gasteiger partial charge in [0.05, 0.1) is 0 Å². The van der Waals surface area contributed by atoms with Gasteiger partial charge in [-0.15, -0.1) is 11.8 Å². The minimum atomic E-state index is 0.663. The standard InChI is InChI=1S/C11H19N/c1-3-5-9-11(12-4-2)10-7-6-8-10/h10-12H,4,6-9H2,1-2H3. The fourth-order valence-corrected chi connectivity index (χ4v) is 1.72. The molecule has 1 atom stereocenters. The van der Waals surface area contributed by atoms with Gasteiger partial charge in [0.25, 0.3) is 0 Å². The molecule has 1 rings (SSSR count). The molecule has 1 saturated carbocycles. The molecule has 0 aromatic carbocycles. The van der Waals surface area contributed by atoms with Crippen LogP contribution in [0.1, 0.15) is 39.5 Å². The van der Waals surface area contributed by atoms with E-state index in [4.69, 9.17) is 0 Å². The second-order valence-electron chi connectivity index (χ2n) is 3.49. The summed E-state index contributed by atoms with van der Waals surface area (Å²) in [7, 11) is 0. The summed E-state index contributed by atoms with van der Waals surface area (Å²) in [6.07, 6.45) is 5.27. The normalized spacial score (nSPS) is 19.2. The molecule has 0 aromatic rings. The first kappa shape index (κ1) is 9.61. The van der Waals surface area contributed by atoms with Gasteiger partial charge in [-0.25, -0.2) is 0 Å². The molecule has 1 nitrogen and oxygen atoms in total. The van der Waals surface area contributed by atoms with E-state index in [0.717, 1.165) is 18.9 Å². The van der Waals surface area contributed by atoms with Gasteiger partial charge in [0.2, 0.25) is 0 Å². The van der Waals surface area contributed by atoms with E-state index in [2.05, 4.69) is 24.1 Å². The van der Waals surface area contributed by atoms with Gasteiger partial charge in [0.15, 0.2) is 0 Å². The molecule has 0 spiro atoms. The predicted molar refractivity (Wildman–Crippen MR) is 52.9 cm³/mol. The van der Waals surface area contributed by atoms with E-state index in [1.54, 1.807) is 0 Å². The van der Waals surface area contributed by atoms with E-state index in [1.165, 1.54) is 19.3 Å². The van der Waals surface area contributed by atoms with Crippen LogP contribution in [0.15, 0.2) is 0 Å². The molecule has 0 saturated heterocycles. The van der Waals surface area contributed by atoms with Gasteiger partial charge >= 0.3 is 0 Å². The average molecular weight is 165 g/mol. The van der Waals surface area contributed by atoms with E-state index in [9.17, 15) is 0 Å². The Morgan fingerprint density at radius 3 is 2.67 bits per heavy atom. The number of nitrogens with one attached hydrogen (secondary N) is 1. The van der Waals surface area contributed by atoms with E-state index in [1.807, 2.05) is 6.92 Å². The smallest absolute Gasteiger partial charge is 0.0245 e. The Morgan fingerprint density at radius 2 is 2.25 bits per heavy atom. The molecule has 0 aromatic heterocycles. The zero-order chi connectivity index (χ0) is 8.81. The van der Waals surface area contributed by atoms with Crippen molar-refractivity contribution in [3.05, 3.63) is 0 Å². The van der Waals surface area contributed by atoms with E-state index >= 15 is 0 Å². The lowest BCUT2D eigenvalue weighted by Gasteiger charge is -2.33. The van der Waals surface area contributed by atoms with Crippen LogP contribution in [0.3, 0.4) is 0 Å². The Morgan fingerprint density at radius 1 is 1.50 bits per heavy atom. The van der Waals surface area contributed by atoms with Crippen LogP contribution in [0.2, 0.25) is 0 Å². The van der Waals surface area contributed by atoms with E-state index in [0.29, 0.717) is 6.04 Å². The van der Waals surface area contributed by atoms with Crippen molar-refractivity contribution in [2.45, 2.75) is 45.6 Å². The van der Waals surface area contributed by atoms with Crippen LogP contribution >= 0.6 is 0 Å². The minimum Gasteiger partial charge on any atom is -0.313 e. The fourth-order valence-electron chi connectivity index (χ4n) is 1.72. The second-order valence-corrected chi connectivity index (χ2v) is 3.49. The highest BCUT2D eigenvalue weighted by Gasteiger charge is 2.25. The van der Waals surface area contributed by atoms with Crippen LogP contribution in [0.4, 0.5) is 0 Å². The summed E-state index contributed by atoms with van der Waals surface area (Å²) >= 11 is 0. The molecule has 68 valence electrons. The topological polar surface area (TPSA) is 12.0 Å². The molecule has 1 fully saturated rings. The molecule has 12 heavy (non-hydrogen) atoms. The van der Waals surface area contributed by atoms with Crippen molar-refractivity contribution in [2.75, 3.05) is 6.54 Å². The molecule has 1 unspecified atom stereocenters. The molecule has 0 bridgehead atoms. The van der Waals surface area contributed by atoms with Crippen LogP contribution in [-0.4, -0.2) is 12.6 Å². The molecular formula is C11H19N. The summed E-state index contributed by atoms with van der Waals surface area (Å²) < 4.78 is 0. The first-order valence-corrected chi connectivity index (χ1v) is 5.01. The van der Waals surface area contributed by atoms with Gasteiger partial charge < -0.3 is 5.32 Å². The Labute approximate surface area is 75.9 Å². The molecule has 0 aliphatic heterocycles. The van der Waals surface area contributed by atoms with Crippen molar-refractivity contribution in [3.8, 4) is 11.8 Å². The molecule has 0 amide bonds. The van der Waals surface area contributed by atoms with Gasteiger partial charge in [-0.05, 0) is 32.2 Å². The lowest BCUT2D eigenvalue weighted by molar-refractivity contribution is 0.233. The first-order chi connectivity index (χ1) is 5.88. The summed E-state index contributed by atoms with van der Waals surface area (Å²) in [5.41, 5.74) is 0. The Bertz CT molecular complexity index is 171. The third-order valence-electron chi connectivity index (χ3n) is 2.68. The third kappa shape index (κ3) is 2.53. The molecule has 0 radical (unpaired) electrons. The van der Waals surface area contributed by atoms with Crippen molar-refractivity contribution in [1.82, 2.24) is 5.32 Å². The van der Waals surface area contributed by atoms with Crippen molar-refractivity contribution in [2.24, 2.45) is 5.92 Å². The van der Waals surface area contributed by atoms with Crippen LogP contribution in [-0.2, 0) is 0 Å². The summed E-state index contributed by atoms with van der Waals surface area (Å²) in [4.78, 5) is 0. The molecular weight excluding hydrogens is 146 g/mol. The predicted octanol–water partition coefficient (Wildman–Crippen LogP) is 2.18. The van der Waals surface area contributed by atoms with E-state index < -0.39 is 0 Å². The number of hydrogen-bond acceptors (Lipinski definition) is 1. The lowest BCUT2D eigenvalue weighted by atomic mass is 9.78. The number of rotatable bonds is 4. The van der Waals surface area contributed by atoms with Crippen LogP contribution in [0, 0.1) is 17.8 Å². The van der Waals surface area contributed by atoms with Crippen LogP contribution < -0.4 is 5.32 Å². The Hall–Kier alpha value is -0.480. The molecule has 1 aliphatic rings. The largest absolute Gasteiger partial charge is 0.313 e. The molecule has 1 heteroatoms. The zero-order valence-electron chi connectivity index (χ0n) is 8.19. The third-order valence-corrected chi connectivity index (χ3v) is 2.68. The Kier molecular flexibility index (Phi) is 4.18. The maximum Gasteiger partial charge on any atom is 0.0245 e. The maximum atomic E-state index is 3.52. The van der Waals surface area contributed by atoms with Crippen molar-refractivity contribution in [3.63, 3.8) is 0 Å². The summed E-state index contributed by atoms with van der Waals surface area (Å²) in [6, 6.07) is 0.663. The highest BCUT2D eigenvalue weighted by Crippen LogP contribution is 2.30. The van der Waals surface area contributed by atoms with Crippen molar-refractivity contribution in [1.29, 1.82) is 0 Å². The fraction of sp³-hybridized carbons (Fsp3) is 0.818. The van der Waals surface area contributed by atoms with Crippen LogP contribution in [0.25, 0.3) is 0 Å². The zero-order valence-corrected chi connectivity index (χ0v) is 8.19. The minimum absolute atomic E-state index is 0.663. The highest BCUT2D eigenvalue weighted by molar-refractivity contribution is 5.00. The first-order valence-electron chi connectivity index (χ1n) is 5.01. The lowest BCUT2D eigenvalue weighted by Crippen LogP contribution is -2.39. The number of hydrogen-bond donors (Lipinski definition) is 1. The van der Waals surface area contributed by atoms with Gasteiger partial charge in [0.1, 0.15) is 0 Å². The summed E-state index contributed by atoms with van der Waals surface area (Å²) in [6.45, 7) is 5.17. The van der Waals surface area contributed by atoms with Gasteiger partial charge in [-0.1, -0.05) is 13.3 Å². The monoisotopic (exact) mass is 165 g/mol. The Balaban J connectivity index is 2.29. The quantitative estimate of drug-likeness (QED) is 0.630. The molecule has 1 N–H and O–H groups in total. The average Bonchev–Trinajstić information content (AvgIpc) is 1.97. The van der Waals surface area contributed by atoms with Crippen molar-refractivity contribution < 1.29 is 0 Å².